The number of benzene rings is 1. The summed E-state index contributed by atoms with van der Waals surface area (Å²) in [4.78, 5) is 23.6. The van der Waals surface area contributed by atoms with Crippen LogP contribution in [-0.2, 0) is 4.79 Å². The van der Waals surface area contributed by atoms with Gasteiger partial charge in [-0.1, -0.05) is 0 Å². The first kappa shape index (κ1) is 12.4. The van der Waals surface area contributed by atoms with Crippen molar-refractivity contribution >= 4 is 17.5 Å². The minimum Gasteiger partial charge on any atom is -0.399 e. The molecule has 1 saturated heterocycles. The van der Waals surface area contributed by atoms with E-state index in [0.29, 0.717) is 24.2 Å². The lowest BCUT2D eigenvalue weighted by molar-refractivity contribution is -0.122. The minimum atomic E-state index is -0.433. The molecule has 0 radical (unpaired) electrons. The summed E-state index contributed by atoms with van der Waals surface area (Å²) in [6.45, 7) is 0.688. The average molecular weight is 247 g/mol. The summed E-state index contributed by atoms with van der Waals surface area (Å²) in [6, 6.07) is 6.21. The van der Waals surface area contributed by atoms with E-state index in [1.807, 2.05) is 0 Å². The largest absolute Gasteiger partial charge is 0.399 e. The number of nitrogens with two attached hydrogens (primary N) is 1. The van der Waals surface area contributed by atoms with E-state index >= 15 is 0 Å². The molecule has 96 valence electrons. The molecule has 1 unspecified atom stereocenters. The lowest BCUT2D eigenvalue weighted by atomic mass is 10.1. The maximum atomic E-state index is 12.0. The predicted octanol–water partition coefficient (Wildman–Crippen LogP) is 0.667. The van der Waals surface area contributed by atoms with Crippen molar-refractivity contribution in [1.82, 2.24) is 10.6 Å². The van der Waals surface area contributed by atoms with Crippen molar-refractivity contribution in [2.24, 2.45) is 0 Å². The average Bonchev–Trinajstić information content (AvgIpc) is 2.56. The van der Waals surface area contributed by atoms with Crippen molar-refractivity contribution in [1.29, 1.82) is 0 Å². The van der Waals surface area contributed by atoms with Crippen LogP contribution in [0.3, 0.4) is 0 Å². The van der Waals surface area contributed by atoms with Crippen molar-refractivity contribution in [2.45, 2.75) is 25.3 Å². The van der Waals surface area contributed by atoms with E-state index in [0.717, 1.165) is 12.8 Å². The third-order valence-corrected chi connectivity index (χ3v) is 3.01. The molecular formula is C13H17N3O2. The molecule has 2 rings (SSSR count). The van der Waals surface area contributed by atoms with E-state index in [9.17, 15) is 9.59 Å². The van der Waals surface area contributed by atoms with Gasteiger partial charge in [0.15, 0.2) is 0 Å². The molecule has 1 aromatic rings. The van der Waals surface area contributed by atoms with Gasteiger partial charge in [0.05, 0.1) is 0 Å². The van der Waals surface area contributed by atoms with E-state index in [-0.39, 0.29) is 11.8 Å². The topological polar surface area (TPSA) is 84.2 Å². The summed E-state index contributed by atoms with van der Waals surface area (Å²) < 4.78 is 0. The van der Waals surface area contributed by atoms with Crippen LogP contribution in [0, 0.1) is 0 Å². The number of nitrogens with one attached hydrogen (secondary N) is 2. The zero-order valence-electron chi connectivity index (χ0n) is 10.1. The number of carbonyl (C=O) groups is 2. The summed E-state index contributed by atoms with van der Waals surface area (Å²) in [5.74, 6) is -0.339. The molecule has 1 fully saturated rings. The molecule has 0 saturated carbocycles. The normalized spacial score (nSPS) is 19.8. The summed E-state index contributed by atoms with van der Waals surface area (Å²) in [5.41, 5.74) is 6.68. The quantitative estimate of drug-likeness (QED) is 0.671. The number of nitrogen functional groups attached to an aromatic ring is 1. The maximum Gasteiger partial charge on any atom is 0.251 e. The Morgan fingerprint density at radius 2 is 2.00 bits per heavy atom. The molecule has 0 aliphatic carbocycles. The molecule has 1 heterocycles. The third-order valence-electron chi connectivity index (χ3n) is 3.01. The molecule has 5 heteroatoms. The van der Waals surface area contributed by atoms with Crippen LogP contribution in [0.15, 0.2) is 24.3 Å². The Balaban J connectivity index is 2.01. The summed E-state index contributed by atoms with van der Waals surface area (Å²) in [6.07, 6.45) is 2.58. The van der Waals surface area contributed by atoms with Crippen molar-refractivity contribution in [3.8, 4) is 0 Å². The second-order valence-corrected chi connectivity index (χ2v) is 4.43. The van der Waals surface area contributed by atoms with Crippen molar-refractivity contribution < 1.29 is 9.59 Å². The van der Waals surface area contributed by atoms with Crippen molar-refractivity contribution in [3.63, 3.8) is 0 Å². The number of hydrogen-bond acceptors (Lipinski definition) is 3. The van der Waals surface area contributed by atoms with Gasteiger partial charge in [-0.3, -0.25) is 9.59 Å². The molecule has 0 spiro atoms. The molecule has 1 atom stereocenters. The summed E-state index contributed by atoms with van der Waals surface area (Å²) >= 11 is 0. The first-order valence-corrected chi connectivity index (χ1v) is 6.11. The van der Waals surface area contributed by atoms with Gasteiger partial charge in [-0.05, 0) is 43.5 Å². The van der Waals surface area contributed by atoms with Gasteiger partial charge in [0.1, 0.15) is 6.04 Å². The number of carbonyl (C=O) groups excluding carboxylic acids is 2. The van der Waals surface area contributed by atoms with Crippen LogP contribution in [0.4, 0.5) is 5.69 Å². The van der Waals surface area contributed by atoms with Gasteiger partial charge < -0.3 is 16.4 Å². The molecule has 4 N–H and O–H groups in total. The minimum absolute atomic E-state index is 0.101. The fourth-order valence-corrected chi connectivity index (χ4v) is 1.95. The maximum absolute atomic E-state index is 12.0. The van der Waals surface area contributed by atoms with E-state index in [4.69, 9.17) is 5.73 Å². The molecule has 0 bridgehead atoms. The van der Waals surface area contributed by atoms with Crippen LogP contribution in [-0.4, -0.2) is 24.4 Å². The fourth-order valence-electron chi connectivity index (χ4n) is 1.95. The second-order valence-electron chi connectivity index (χ2n) is 4.43. The highest BCUT2D eigenvalue weighted by molar-refractivity contribution is 5.97. The Labute approximate surface area is 106 Å². The Morgan fingerprint density at radius 1 is 1.28 bits per heavy atom. The van der Waals surface area contributed by atoms with Crippen molar-refractivity contribution in [2.75, 3.05) is 12.3 Å². The Kier molecular flexibility index (Phi) is 3.82. The SMILES string of the molecule is Nc1ccc(C(=O)NC2CCCCNC2=O)cc1. The first-order chi connectivity index (χ1) is 8.66. The summed E-state index contributed by atoms with van der Waals surface area (Å²) in [5, 5.41) is 5.54. The van der Waals surface area contributed by atoms with Gasteiger partial charge >= 0.3 is 0 Å². The highest BCUT2D eigenvalue weighted by atomic mass is 16.2. The van der Waals surface area contributed by atoms with Crippen LogP contribution >= 0.6 is 0 Å². The highest BCUT2D eigenvalue weighted by Gasteiger charge is 2.22. The zero-order chi connectivity index (χ0) is 13.0. The molecule has 1 aliphatic heterocycles. The monoisotopic (exact) mass is 247 g/mol. The molecule has 2 amide bonds. The highest BCUT2D eigenvalue weighted by Crippen LogP contribution is 2.09. The Bertz CT molecular complexity index is 442. The smallest absolute Gasteiger partial charge is 0.251 e. The van der Waals surface area contributed by atoms with Gasteiger partial charge in [0, 0.05) is 17.8 Å². The van der Waals surface area contributed by atoms with Crippen LogP contribution in [0.25, 0.3) is 0 Å². The van der Waals surface area contributed by atoms with Crippen LogP contribution in [0.2, 0.25) is 0 Å². The number of rotatable bonds is 2. The van der Waals surface area contributed by atoms with Gasteiger partial charge in [0.25, 0.3) is 5.91 Å². The predicted molar refractivity (Wildman–Crippen MR) is 69.0 cm³/mol. The van der Waals surface area contributed by atoms with E-state index < -0.39 is 6.04 Å². The van der Waals surface area contributed by atoms with Crippen LogP contribution < -0.4 is 16.4 Å². The molecule has 5 nitrogen and oxygen atoms in total. The fraction of sp³-hybridized carbons (Fsp3) is 0.385. The Hall–Kier alpha value is -2.04. The number of anilines is 1. The molecule has 0 aromatic heterocycles. The standard InChI is InChI=1S/C13H17N3O2/c14-10-6-4-9(5-7-10)12(17)16-11-3-1-2-8-15-13(11)18/h4-7,11H,1-3,8,14H2,(H,15,18)(H,16,17). The molecule has 18 heavy (non-hydrogen) atoms. The zero-order valence-corrected chi connectivity index (χ0v) is 10.1. The van der Waals surface area contributed by atoms with E-state index in [2.05, 4.69) is 10.6 Å². The van der Waals surface area contributed by atoms with E-state index in [1.165, 1.54) is 0 Å². The van der Waals surface area contributed by atoms with Gasteiger partial charge in [-0.25, -0.2) is 0 Å². The second kappa shape index (κ2) is 5.53. The molecule has 1 aliphatic rings. The molecular weight excluding hydrogens is 230 g/mol. The summed E-state index contributed by atoms with van der Waals surface area (Å²) in [7, 11) is 0. The third kappa shape index (κ3) is 3.00. The van der Waals surface area contributed by atoms with E-state index in [1.54, 1.807) is 24.3 Å². The van der Waals surface area contributed by atoms with Gasteiger partial charge in [-0.2, -0.15) is 0 Å². The Morgan fingerprint density at radius 3 is 2.72 bits per heavy atom. The van der Waals surface area contributed by atoms with Gasteiger partial charge in [-0.15, -0.1) is 0 Å². The molecule has 1 aromatic carbocycles. The lowest BCUT2D eigenvalue weighted by Gasteiger charge is -2.15. The van der Waals surface area contributed by atoms with Crippen LogP contribution in [0.5, 0.6) is 0 Å². The number of amides is 2. The van der Waals surface area contributed by atoms with Crippen molar-refractivity contribution in [3.05, 3.63) is 29.8 Å². The number of hydrogen-bond donors (Lipinski definition) is 3. The van der Waals surface area contributed by atoms with Gasteiger partial charge in [0.2, 0.25) is 5.91 Å². The first-order valence-electron chi connectivity index (χ1n) is 6.11. The lowest BCUT2D eigenvalue weighted by Crippen LogP contribution is -2.45. The van der Waals surface area contributed by atoms with Crippen LogP contribution in [0.1, 0.15) is 29.6 Å².